The lowest BCUT2D eigenvalue weighted by atomic mass is 9.98. The standard InChI is InChI=1S/C22H27NO/c1-4-22(24,5-2)16-9-6-10-17-23-18(3)20-15-11-13-19-12-7-8-14-21(19)20/h6-8,10-15,18,23-24H,4-5,17H2,1-3H3/t18-/m1/s1. The van der Waals surface area contributed by atoms with E-state index in [4.69, 9.17) is 0 Å². The van der Waals surface area contributed by atoms with Gasteiger partial charge in [0.25, 0.3) is 0 Å². The van der Waals surface area contributed by atoms with E-state index < -0.39 is 5.60 Å². The van der Waals surface area contributed by atoms with E-state index in [-0.39, 0.29) is 6.04 Å². The first kappa shape index (κ1) is 18.3. The van der Waals surface area contributed by atoms with E-state index in [0.717, 1.165) is 6.54 Å². The summed E-state index contributed by atoms with van der Waals surface area (Å²) in [5.41, 5.74) is 0.451. The molecule has 2 rings (SSSR count). The number of aliphatic hydroxyl groups is 1. The molecule has 24 heavy (non-hydrogen) atoms. The van der Waals surface area contributed by atoms with Gasteiger partial charge in [0.05, 0.1) is 0 Å². The van der Waals surface area contributed by atoms with Gasteiger partial charge in [-0.3, -0.25) is 0 Å². The van der Waals surface area contributed by atoms with Gasteiger partial charge in [0.1, 0.15) is 5.60 Å². The van der Waals surface area contributed by atoms with Crippen LogP contribution in [0.1, 0.15) is 45.2 Å². The normalized spacial score (nSPS) is 13.0. The van der Waals surface area contributed by atoms with Crippen LogP contribution in [0.5, 0.6) is 0 Å². The molecule has 0 aliphatic heterocycles. The van der Waals surface area contributed by atoms with Crippen molar-refractivity contribution in [2.24, 2.45) is 0 Å². The van der Waals surface area contributed by atoms with Crippen LogP contribution in [0.3, 0.4) is 0 Å². The molecule has 126 valence electrons. The second-order valence-corrected chi connectivity index (χ2v) is 6.11. The zero-order chi connectivity index (χ0) is 17.4. The zero-order valence-electron chi connectivity index (χ0n) is 14.8. The SMILES string of the molecule is CCC(O)(C#CC=CCN[C@H](C)c1cccc2ccccc12)CC. The zero-order valence-corrected chi connectivity index (χ0v) is 14.8. The summed E-state index contributed by atoms with van der Waals surface area (Å²) in [6.07, 6.45) is 5.13. The van der Waals surface area contributed by atoms with Gasteiger partial charge < -0.3 is 10.4 Å². The number of nitrogens with one attached hydrogen (secondary N) is 1. The molecule has 0 bridgehead atoms. The molecule has 0 aliphatic rings. The highest BCUT2D eigenvalue weighted by atomic mass is 16.3. The summed E-state index contributed by atoms with van der Waals surface area (Å²) in [6, 6.07) is 15.1. The quantitative estimate of drug-likeness (QED) is 0.762. The van der Waals surface area contributed by atoms with Crippen LogP contribution in [0.4, 0.5) is 0 Å². The van der Waals surface area contributed by atoms with Gasteiger partial charge >= 0.3 is 0 Å². The van der Waals surface area contributed by atoms with Crippen molar-refractivity contribution < 1.29 is 5.11 Å². The Bertz CT molecular complexity index is 742. The number of rotatable bonds is 6. The van der Waals surface area contributed by atoms with Crippen molar-refractivity contribution in [3.63, 3.8) is 0 Å². The molecule has 2 heteroatoms. The van der Waals surface area contributed by atoms with Gasteiger partial charge in [-0.25, -0.2) is 0 Å². The molecule has 0 radical (unpaired) electrons. The minimum atomic E-state index is -0.853. The number of fused-ring (bicyclic) bond motifs is 1. The summed E-state index contributed by atoms with van der Waals surface area (Å²) in [4.78, 5) is 0. The minimum Gasteiger partial charge on any atom is -0.378 e. The van der Waals surface area contributed by atoms with Crippen molar-refractivity contribution in [2.45, 2.75) is 45.3 Å². The Morgan fingerprint density at radius 1 is 1.12 bits per heavy atom. The Morgan fingerprint density at radius 2 is 1.83 bits per heavy atom. The van der Waals surface area contributed by atoms with Gasteiger partial charge in [-0.1, -0.05) is 74.2 Å². The molecular formula is C22H27NO. The van der Waals surface area contributed by atoms with Crippen molar-refractivity contribution >= 4 is 10.8 Å². The Kier molecular flexibility index (Phi) is 6.61. The molecule has 0 aliphatic carbocycles. The average Bonchev–Trinajstić information content (AvgIpc) is 2.63. The molecule has 0 aromatic heterocycles. The van der Waals surface area contributed by atoms with Crippen LogP contribution in [0.25, 0.3) is 10.8 Å². The van der Waals surface area contributed by atoms with Crippen molar-refractivity contribution in [1.29, 1.82) is 0 Å². The lowest BCUT2D eigenvalue weighted by Crippen LogP contribution is -2.23. The van der Waals surface area contributed by atoms with Gasteiger partial charge in [0, 0.05) is 12.6 Å². The second kappa shape index (κ2) is 8.68. The molecule has 0 spiro atoms. The first-order valence-corrected chi connectivity index (χ1v) is 8.70. The molecule has 2 N–H and O–H groups in total. The summed E-state index contributed by atoms with van der Waals surface area (Å²) in [6.45, 7) is 6.83. The van der Waals surface area contributed by atoms with E-state index in [1.165, 1.54) is 16.3 Å². The molecule has 0 saturated heterocycles. The summed E-state index contributed by atoms with van der Waals surface area (Å²) < 4.78 is 0. The second-order valence-electron chi connectivity index (χ2n) is 6.11. The first-order valence-electron chi connectivity index (χ1n) is 8.70. The van der Waals surface area contributed by atoms with Crippen LogP contribution < -0.4 is 5.32 Å². The Hall–Kier alpha value is -2.08. The Morgan fingerprint density at radius 3 is 2.58 bits per heavy atom. The lowest BCUT2D eigenvalue weighted by molar-refractivity contribution is 0.0931. The molecule has 0 heterocycles. The fraction of sp³-hybridized carbons (Fsp3) is 0.364. The van der Waals surface area contributed by atoms with Gasteiger partial charge in [-0.2, -0.15) is 0 Å². The maximum atomic E-state index is 10.1. The van der Waals surface area contributed by atoms with Crippen LogP contribution in [-0.4, -0.2) is 17.3 Å². The summed E-state index contributed by atoms with van der Waals surface area (Å²) in [7, 11) is 0. The lowest BCUT2D eigenvalue weighted by Gasteiger charge is -2.16. The average molecular weight is 321 g/mol. The number of hydrogen-bond acceptors (Lipinski definition) is 2. The highest BCUT2D eigenvalue weighted by Crippen LogP contribution is 2.23. The van der Waals surface area contributed by atoms with E-state index in [2.05, 4.69) is 66.5 Å². The van der Waals surface area contributed by atoms with Crippen LogP contribution in [0.15, 0.2) is 54.6 Å². The van der Waals surface area contributed by atoms with Gasteiger partial charge in [-0.15, -0.1) is 0 Å². The maximum absolute atomic E-state index is 10.1. The first-order chi connectivity index (χ1) is 11.6. The number of hydrogen-bond donors (Lipinski definition) is 2. The summed E-state index contributed by atoms with van der Waals surface area (Å²) in [5.74, 6) is 5.88. The Labute approximate surface area is 145 Å². The number of allylic oxidation sites excluding steroid dienone is 1. The van der Waals surface area contributed by atoms with Crippen LogP contribution in [0.2, 0.25) is 0 Å². The highest BCUT2D eigenvalue weighted by molar-refractivity contribution is 5.86. The highest BCUT2D eigenvalue weighted by Gasteiger charge is 2.17. The van der Waals surface area contributed by atoms with E-state index >= 15 is 0 Å². The third kappa shape index (κ3) is 4.71. The number of benzene rings is 2. The van der Waals surface area contributed by atoms with E-state index in [1.54, 1.807) is 0 Å². The van der Waals surface area contributed by atoms with Gasteiger partial charge in [-0.05, 0) is 42.2 Å². The molecular weight excluding hydrogens is 294 g/mol. The third-order valence-corrected chi connectivity index (χ3v) is 4.51. The summed E-state index contributed by atoms with van der Waals surface area (Å²) >= 11 is 0. The molecule has 0 unspecified atom stereocenters. The maximum Gasteiger partial charge on any atom is 0.125 e. The molecule has 0 saturated carbocycles. The Balaban J connectivity index is 1.95. The van der Waals surface area contributed by atoms with Gasteiger partial charge in [0.2, 0.25) is 0 Å². The smallest absolute Gasteiger partial charge is 0.125 e. The van der Waals surface area contributed by atoms with Crippen LogP contribution in [-0.2, 0) is 0 Å². The predicted octanol–water partition coefficient (Wildman–Crippen LogP) is 4.60. The van der Waals surface area contributed by atoms with Crippen LogP contribution in [0, 0.1) is 11.8 Å². The van der Waals surface area contributed by atoms with Crippen molar-refractivity contribution in [3.8, 4) is 11.8 Å². The van der Waals surface area contributed by atoms with Crippen molar-refractivity contribution in [2.75, 3.05) is 6.54 Å². The third-order valence-electron chi connectivity index (χ3n) is 4.51. The van der Waals surface area contributed by atoms with E-state index in [9.17, 15) is 5.11 Å². The molecule has 2 aromatic rings. The topological polar surface area (TPSA) is 32.3 Å². The minimum absolute atomic E-state index is 0.261. The van der Waals surface area contributed by atoms with E-state index in [1.807, 2.05) is 26.0 Å². The molecule has 0 amide bonds. The van der Waals surface area contributed by atoms with Gasteiger partial charge in [0.15, 0.2) is 0 Å². The summed E-state index contributed by atoms with van der Waals surface area (Å²) in [5, 5.41) is 16.2. The fourth-order valence-corrected chi connectivity index (χ4v) is 2.70. The van der Waals surface area contributed by atoms with Crippen molar-refractivity contribution in [1.82, 2.24) is 5.32 Å². The fourth-order valence-electron chi connectivity index (χ4n) is 2.70. The molecule has 1 atom stereocenters. The molecule has 2 aromatic carbocycles. The predicted molar refractivity (Wildman–Crippen MR) is 103 cm³/mol. The van der Waals surface area contributed by atoms with Crippen LogP contribution >= 0.6 is 0 Å². The van der Waals surface area contributed by atoms with Crippen molar-refractivity contribution in [3.05, 3.63) is 60.2 Å². The van der Waals surface area contributed by atoms with E-state index in [0.29, 0.717) is 12.8 Å². The molecule has 0 fully saturated rings. The largest absolute Gasteiger partial charge is 0.378 e. The monoisotopic (exact) mass is 321 g/mol. The molecule has 2 nitrogen and oxygen atoms in total.